The van der Waals surface area contributed by atoms with E-state index in [4.69, 9.17) is 5.73 Å². The number of alkyl halides is 3. The average Bonchev–Trinajstić information content (AvgIpc) is 3.32. The van der Waals surface area contributed by atoms with Gasteiger partial charge in [-0.1, -0.05) is 18.2 Å². The molecule has 2 aromatic rings. The molecule has 2 atom stereocenters. The van der Waals surface area contributed by atoms with Crippen LogP contribution in [0.2, 0.25) is 0 Å². The summed E-state index contributed by atoms with van der Waals surface area (Å²) in [5.74, 6) is -0.845. The van der Waals surface area contributed by atoms with Gasteiger partial charge in [0, 0.05) is 19.2 Å². The Morgan fingerprint density at radius 1 is 1.31 bits per heavy atom. The van der Waals surface area contributed by atoms with Crippen LogP contribution in [0.1, 0.15) is 23.2 Å². The van der Waals surface area contributed by atoms with E-state index in [2.05, 4.69) is 9.98 Å². The van der Waals surface area contributed by atoms with Gasteiger partial charge in [0.2, 0.25) is 0 Å². The van der Waals surface area contributed by atoms with E-state index in [1.54, 1.807) is 11.3 Å². The van der Waals surface area contributed by atoms with Crippen LogP contribution in [-0.4, -0.2) is 28.8 Å². The first-order chi connectivity index (χ1) is 13.7. The molecule has 0 bridgehead atoms. The normalized spacial score (nSPS) is 24.6. The molecule has 2 unspecified atom stereocenters. The Morgan fingerprint density at radius 2 is 2.10 bits per heavy atom. The molecule has 0 saturated heterocycles. The van der Waals surface area contributed by atoms with Gasteiger partial charge < -0.3 is 5.73 Å². The number of amides is 1. The Balaban J connectivity index is 1.79. The highest BCUT2D eigenvalue weighted by molar-refractivity contribution is 7.08. The first kappa shape index (κ1) is 19.4. The standard InChI is InChI=1S/C20H17F3N4OS/c1-27-17(28)19(26-18(27)24,16-6-5-15(10-25-16)20(21,22)23)14-4-2-3-12(9-14)13-7-8-29-11-13/h2-8,10-11,14H,9H2,1H3,(H2,24,26). The lowest BCUT2D eigenvalue weighted by Gasteiger charge is -2.33. The van der Waals surface area contributed by atoms with Crippen molar-refractivity contribution in [2.45, 2.75) is 18.1 Å². The molecule has 5 nitrogen and oxygen atoms in total. The number of aromatic nitrogens is 1. The van der Waals surface area contributed by atoms with Gasteiger partial charge in [-0.3, -0.25) is 14.7 Å². The van der Waals surface area contributed by atoms with Gasteiger partial charge >= 0.3 is 6.18 Å². The minimum absolute atomic E-state index is 0.0109. The number of halogens is 3. The maximum absolute atomic E-state index is 13.2. The van der Waals surface area contributed by atoms with Crippen LogP contribution in [0.4, 0.5) is 13.2 Å². The highest BCUT2D eigenvalue weighted by atomic mass is 32.1. The summed E-state index contributed by atoms with van der Waals surface area (Å²) in [6.07, 6.45) is 2.33. The summed E-state index contributed by atoms with van der Waals surface area (Å²) in [6.45, 7) is 0. The molecule has 2 aliphatic rings. The summed E-state index contributed by atoms with van der Waals surface area (Å²) in [5, 5.41) is 3.96. The molecule has 0 spiro atoms. The molecule has 150 valence electrons. The second-order valence-corrected chi connectivity index (χ2v) is 7.71. The number of hydrogen-bond donors (Lipinski definition) is 1. The zero-order valence-electron chi connectivity index (χ0n) is 15.3. The summed E-state index contributed by atoms with van der Waals surface area (Å²) in [6, 6.07) is 4.12. The molecule has 2 aromatic heterocycles. The Bertz CT molecular complexity index is 1020. The third kappa shape index (κ3) is 3.15. The van der Waals surface area contributed by atoms with E-state index in [-0.39, 0.29) is 11.7 Å². The van der Waals surface area contributed by atoms with Gasteiger partial charge in [-0.05, 0) is 46.5 Å². The highest BCUT2D eigenvalue weighted by Crippen LogP contribution is 2.45. The molecular weight excluding hydrogens is 401 g/mol. The van der Waals surface area contributed by atoms with Crippen LogP contribution in [0.3, 0.4) is 0 Å². The number of nitrogens with zero attached hydrogens (tertiary/aromatic N) is 3. The molecule has 0 saturated carbocycles. The Labute approximate surface area is 169 Å². The second-order valence-electron chi connectivity index (χ2n) is 6.93. The fourth-order valence-corrected chi connectivity index (χ4v) is 4.36. The van der Waals surface area contributed by atoms with Crippen molar-refractivity contribution in [3.63, 3.8) is 0 Å². The van der Waals surface area contributed by atoms with Gasteiger partial charge in [-0.15, -0.1) is 0 Å². The lowest BCUT2D eigenvalue weighted by molar-refractivity contribution is -0.137. The van der Waals surface area contributed by atoms with Crippen LogP contribution in [0, 0.1) is 5.92 Å². The summed E-state index contributed by atoms with van der Waals surface area (Å²) < 4.78 is 38.9. The zero-order valence-corrected chi connectivity index (χ0v) is 16.2. The molecule has 0 aromatic carbocycles. The third-order valence-electron chi connectivity index (χ3n) is 5.26. The Kier molecular flexibility index (Phi) is 4.57. The van der Waals surface area contributed by atoms with Gasteiger partial charge in [-0.25, -0.2) is 4.99 Å². The number of rotatable bonds is 3. The highest BCUT2D eigenvalue weighted by Gasteiger charge is 2.54. The van der Waals surface area contributed by atoms with Crippen LogP contribution in [-0.2, 0) is 16.5 Å². The van der Waals surface area contributed by atoms with Gasteiger partial charge in [0.15, 0.2) is 11.5 Å². The predicted molar refractivity (Wildman–Crippen MR) is 105 cm³/mol. The van der Waals surface area contributed by atoms with Gasteiger partial charge in [-0.2, -0.15) is 24.5 Å². The van der Waals surface area contributed by atoms with Crippen LogP contribution in [0.15, 0.2) is 58.4 Å². The second kappa shape index (κ2) is 6.84. The van der Waals surface area contributed by atoms with Crippen molar-refractivity contribution in [3.05, 3.63) is 70.2 Å². The van der Waals surface area contributed by atoms with Crippen molar-refractivity contribution in [2.24, 2.45) is 16.6 Å². The average molecular weight is 418 g/mol. The number of thiophene rings is 1. The molecule has 1 aliphatic heterocycles. The first-order valence-electron chi connectivity index (χ1n) is 8.80. The number of pyridine rings is 1. The summed E-state index contributed by atoms with van der Waals surface area (Å²) in [7, 11) is 1.50. The Morgan fingerprint density at radius 3 is 2.66 bits per heavy atom. The third-order valence-corrected chi connectivity index (χ3v) is 5.94. The van der Waals surface area contributed by atoms with Crippen LogP contribution < -0.4 is 5.73 Å². The molecule has 3 heterocycles. The van der Waals surface area contributed by atoms with E-state index in [0.717, 1.165) is 23.4 Å². The molecule has 0 fully saturated rings. The van der Waals surface area contributed by atoms with E-state index in [0.29, 0.717) is 6.42 Å². The zero-order chi connectivity index (χ0) is 20.8. The Hall–Kier alpha value is -2.94. The van der Waals surface area contributed by atoms with Crippen LogP contribution in [0.25, 0.3) is 5.57 Å². The molecule has 1 amide bonds. The van der Waals surface area contributed by atoms with Crippen molar-refractivity contribution in [1.29, 1.82) is 0 Å². The van der Waals surface area contributed by atoms with Gasteiger partial charge in [0.05, 0.1) is 11.3 Å². The van der Waals surface area contributed by atoms with E-state index in [1.165, 1.54) is 18.0 Å². The monoisotopic (exact) mass is 418 g/mol. The molecule has 9 heteroatoms. The SMILES string of the molecule is CN1C(=O)C(c2ccc(C(F)(F)F)cn2)(C2C=CC=C(c3ccsc3)C2)N=C1N. The number of guanidine groups is 1. The largest absolute Gasteiger partial charge is 0.417 e. The van der Waals surface area contributed by atoms with Crippen molar-refractivity contribution in [3.8, 4) is 0 Å². The lowest BCUT2D eigenvalue weighted by atomic mass is 9.74. The van der Waals surface area contributed by atoms with Gasteiger partial charge in [0.25, 0.3) is 5.91 Å². The molecule has 29 heavy (non-hydrogen) atoms. The van der Waals surface area contributed by atoms with Crippen molar-refractivity contribution >= 4 is 28.8 Å². The summed E-state index contributed by atoms with van der Waals surface area (Å²) in [5.41, 5.74) is 5.73. The quantitative estimate of drug-likeness (QED) is 0.824. The van der Waals surface area contributed by atoms with Crippen molar-refractivity contribution in [2.75, 3.05) is 7.05 Å². The fraction of sp³-hybridized carbons (Fsp3) is 0.250. The minimum atomic E-state index is -4.52. The van der Waals surface area contributed by atoms with E-state index in [9.17, 15) is 18.0 Å². The maximum Gasteiger partial charge on any atom is 0.417 e. The summed E-state index contributed by atoms with van der Waals surface area (Å²) >= 11 is 1.56. The van der Waals surface area contributed by atoms with Gasteiger partial charge in [0.1, 0.15) is 0 Å². The molecule has 1 aliphatic carbocycles. The van der Waals surface area contributed by atoms with Crippen LogP contribution in [0.5, 0.6) is 0 Å². The van der Waals surface area contributed by atoms with E-state index in [1.807, 2.05) is 35.1 Å². The fourth-order valence-electron chi connectivity index (χ4n) is 3.68. The molecular formula is C20H17F3N4OS. The van der Waals surface area contributed by atoms with E-state index < -0.39 is 29.1 Å². The molecule has 4 rings (SSSR count). The number of allylic oxidation sites excluding steroid dienone is 3. The van der Waals surface area contributed by atoms with Crippen molar-refractivity contribution in [1.82, 2.24) is 9.88 Å². The smallest absolute Gasteiger partial charge is 0.369 e. The lowest BCUT2D eigenvalue weighted by Crippen LogP contribution is -2.45. The summed E-state index contributed by atoms with van der Waals surface area (Å²) in [4.78, 5) is 22.9. The molecule has 0 radical (unpaired) electrons. The topological polar surface area (TPSA) is 71.6 Å². The number of carbonyl (C=O) groups is 1. The number of nitrogens with two attached hydrogens (primary N) is 1. The number of aliphatic imine (C=N–C) groups is 1. The van der Waals surface area contributed by atoms with E-state index >= 15 is 0 Å². The maximum atomic E-state index is 13.2. The van der Waals surface area contributed by atoms with Crippen molar-refractivity contribution < 1.29 is 18.0 Å². The number of hydrogen-bond acceptors (Lipinski definition) is 5. The minimum Gasteiger partial charge on any atom is -0.369 e. The predicted octanol–water partition coefficient (Wildman–Crippen LogP) is 3.80. The first-order valence-corrected chi connectivity index (χ1v) is 9.75. The van der Waals surface area contributed by atoms with Crippen LogP contribution >= 0.6 is 11.3 Å². The number of likely N-dealkylation sites (N-methyl/N-ethyl adjacent to an activating group) is 1. The molecule has 2 N–H and O–H groups in total. The number of carbonyl (C=O) groups excluding carboxylic acids is 1.